The number of aliphatic carboxylic acids is 1. The van der Waals surface area contributed by atoms with Crippen molar-refractivity contribution >= 4 is 11.7 Å². The summed E-state index contributed by atoms with van der Waals surface area (Å²) in [5, 5.41) is 15.8. The van der Waals surface area contributed by atoms with Crippen LogP contribution in [0, 0.1) is 0 Å². The van der Waals surface area contributed by atoms with Gasteiger partial charge in [-0.05, 0) is 30.7 Å². The first-order valence-electron chi connectivity index (χ1n) is 5.71. The highest BCUT2D eigenvalue weighted by Gasteiger charge is 2.01. The van der Waals surface area contributed by atoms with E-state index < -0.39 is 12.1 Å². The molecular weight excluding hydrogens is 262 g/mol. The third-order valence-electron chi connectivity index (χ3n) is 2.30. The van der Waals surface area contributed by atoms with Crippen molar-refractivity contribution in [1.82, 2.24) is 9.97 Å². The van der Waals surface area contributed by atoms with Crippen molar-refractivity contribution in [3.05, 3.63) is 47.1 Å². The van der Waals surface area contributed by atoms with Gasteiger partial charge in [-0.25, -0.2) is 4.79 Å². The van der Waals surface area contributed by atoms with Crippen LogP contribution in [0.2, 0.25) is 0 Å². The highest BCUT2D eigenvalue weighted by atomic mass is 16.4. The van der Waals surface area contributed by atoms with Crippen molar-refractivity contribution in [2.24, 2.45) is 0 Å². The summed E-state index contributed by atoms with van der Waals surface area (Å²) in [6, 6.07) is 5.36. The van der Waals surface area contributed by atoms with Crippen LogP contribution < -0.4 is 11.3 Å². The third kappa shape index (κ3) is 4.54. The van der Waals surface area contributed by atoms with Crippen molar-refractivity contribution in [3.63, 3.8) is 0 Å². The Hall–Kier alpha value is -2.67. The van der Waals surface area contributed by atoms with E-state index in [1.807, 2.05) is 12.1 Å². The van der Waals surface area contributed by atoms with Gasteiger partial charge in [0, 0.05) is 24.2 Å². The number of nitrogens with one attached hydrogen (secondary N) is 1. The zero-order chi connectivity index (χ0) is 15.1. The fraction of sp³-hybridized carbons (Fsp3) is 0.154. The lowest BCUT2D eigenvalue weighted by Crippen LogP contribution is -2.13. The maximum atomic E-state index is 11.0. The third-order valence-corrected chi connectivity index (χ3v) is 2.30. The number of aliphatic hydroxyl groups is 1. The summed E-state index contributed by atoms with van der Waals surface area (Å²) in [5.74, 6) is -1.19. The molecule has 0 fully saturated rings. The van der Waals surface area contributed by atoms with E-state index in [2.05, 4.69) is 9.97 Å². The first-order chi connectivity index (χ1) is 9.41. The summed E-state index contributed by atoms with van der Waals surface area (Å²) in [4.78, 5) is 26.9. The van der Waals surface area contributed by atoms with Crippen LogP contribution in [0.15, 0.2) is 41.6 Å². The van der Waals surface area contributed by atoms with Crippen LogP contribution in [0.25, 0.3) is 11.1 Å². The molecule has 106 valence electrons. The molecule has 7 heteroatoms. The minimum Gasteiger partial charge on any atom is -0.479 e. The second kappa shape index (κ2) is 7.05. The van der Waals surface area contributed by atoms with Crippen LogP contribution in [-0.2, 0) is 4.79 Å². The molecule has 2 rings (SSSR count). The van der Waals surface area contributed by atoms with E-state index in [0.717, 1.165) is 11.1 Å². The number of aromatic amines is 1. The topological polar surface area (TPSA) is 129 Å². The van der Waals surface area contributed by atoms with Crippen LogP contribution in [0.5, 0.6) is 0 Å². The van der Waals surface area contributed by atoms with Crippen LogP contribution in [0.1, 0.15) is 6.92 Å². The lowest BCUT2D eigenvalue weighted by Gasteiger charge is -2.00. The molecule has 0 saturated heterocycles. The number of nitrogens with two attached hydrogens (primary N) is 1. The molecule has 2 aromatic rings. The fourth-order valence-corrected chi connectivity index (χ4v) is 1.21. The number of aromatic nitrogens is 2. The summed E-state index contributed by atoms with van der Waals surface area (Å²) in [6.45, 7) is 1.20. The minimum atomic E-state index is -1.23. The van der Waals surface area contributed by atoms with Crippen molar-refractivity contribution in [1.29, 1.82) is 0 Å². The van der Waals surface area contributed by atoms with Crippen molar-refractivity contribution in [2.75, 3.05) is 5.73 Å². The van der Waals surface area contributed by atoms with Gasteiger partial charge in [-0.3, -0.25) is 9.78 Å². The highest BCUT2D eigenvalue weighted by Crippen LogP contribution is 2.16. The van der Waals surface area contributed by atoms with Crippen molar-refractivity contribution in [2.45, 2.75) is 13.0 Å². The largest absolute Gasteiger partial charge is 0.479 e. The molecule has 0 radical (unpaired) electrons. The van der Waals surface area contributed by atoms with Gasteiger partial charge in [-0.15, -0.1) is 0 Å². The predicted molar refractivity (Wildman–Crippen MR) is 74.0 cm³/mol. The Labute approximate surface area is 114 Å². The number of aliphatic hydroxyl groups excluding tert-OH is 1. The zero-order valence-electron chi connectivity index (χ0n) is 10.8. The molecule has 1 atom stereocenters. The molecule has 2 aromatic heterocycles. The average molecular weight is 277 g/mol. The highest BCUT2D eigenvalue weighted by molar-refractivity contribution is 5.71. The van der Waals surface area contributed by atoms with E-state index in [9.17, 15) is 9.59 Å². The Morgan fingerprint density at radius 1 is 1.35 bits per heavy atom. The number of anilines is 1. The minimum absolute atomic E-state index is 0.222. The van der Waals surface area contributed by atoms with Gasteiger partial charge < -0.3 is 20.9 Å². The second-order valence-corrected chi connectivity index (χ2v) is 3.92. The summed E-state index contributed by atoms with van der Waals surface area (Å²) >= 11 is 0. The molecule has 5 N–H and O–H groups in total. The van der Waals surface area contributed by atoms with E-state index in [1.165, 1.54) is 6.92 Å². The molecule has 0 spiro atoms. The molecule has 0 amide bonds. The molecule has 2 heterocycles. The van der Waals surface area contributed by atoms with Gasteiger partial charge in [-0.2, -0.15) is 0 Å². The molecular formula is C13H15N3O4. The Morgan fingerprint density at radius 2 is 1.90 bits per heavy atom. The molecule has 20 heavy (non-hydrogen) atoms. The number of nitrogen functional groups attached to an aromatic ring is 1. The van der Waals surface area contributed by atoms with E-state index in [0.29, 0.717) is 0 Å². The molecule has 0 saturated carbocycles. The van der Waals surface area contributed by atoms with Crippen LogP contribution in [0.4, 0.5) is 5.69 Å². The number of pyridine rings is 2. The number of carboxylic acid groups (broad SMARTS) is 1. The summed E-state index contributed by atoms with van der Waals surface area (Å²) in [5.41, 5.74) is 7.31. The monoisotopic (exact) mass is 277 g/mol. The normalized spacial score (nSPS) is 11.1. The van der Waals surface area contributed by atoms with Gasteiger partial charge in [0.25, 0.3) is 5.56 Å². The Bertz CT molecular complexity index is 623. The molecule has 7 nitrogen and oxygen atoms in total. The Kier molecular flexibility index (Phi) is 5.42. The van der Waals surface area contributed by atoms with Gasteiger partial charge >= 0.3 is 5.97 Å². The number of carbonyl (C=O) groups is 1. The van der Waals surface area contributed by atoms with Crippen LogP contribution >= 0.6 is 0 Å². The number of hydrogen-bond donors (Lipinski definition) is 4. The SMILES string of the molecule is CC(O)C(=O)O.Nc1cc(-c2ccncc2)c[nH]c1=O. The Morgan fingerprint density at radius 3 is 2.35 bits per heavy atom. The molecule has 0 aliphatic rings. The lowest BCUT2D eigenvalue weighted by molar-refractivity contribution is -0.145. The summed E-state index contributed by atoms with van der Waals surface area (Å²) < 4.78 is 0. The van der Waals surface area contributed by atoms with Gasteiger partial charge in [0.05, 0.1) is 5.69 Å². The summed E-state index contributed by atoms with van der Waals surface area (Å²) in [6.07, 6.45) is 3.78. The number of hydrogen-bond acceptors (Lipinski definition) is 5. The van der Waals surface area contributed by atoms with E-state index in [1.54, 1.807) is 24.7 Å². The zero-order valence-corrected chi connectivity index (χ0v) is 10.8. The number of rotatable bonds is 2. The van der Waals surface area contributed by atoms with Gasteiger partial charge in [0.2, 0.25) is 0 Å². The fourth-order valence-electron chi connectivity index (χ4n) is 1.21. The van der Waals surface area contributed by atoms with E-state index >= 15 is 0 Å². The van der Waals surface area contributed by atoms with Gasteiger partial charge in [0.1, 0.15) is 6.10 Å². The average Bonchev–Trinajstić information content (AvgIpc) is 2.43. The van der Waals surface area contributed by atoms with Crippen molar-refractivity contribution < 1.29 is 15.0 Å². The van der Waals surface area contributed by atoms with Gasteiger partial charge in [-0.1, -0.05) is 0 Å². The number of carboxylic acids is 1. The van der Waals surface area contributed by atoms with Crippen LogP contribution in [-0.4, -0.2) is 32.3 Å². The standard InChI is InChI=1S/C10H9N3O.C3H6O3/c11-9-5-8(6-13-10(9)14)7-1-3-12-4-2-7;1-2(4)3(5)6/h1-6H,11H2,(H,13,14);2,4H,1H3,(H,5,6). The molecule has 1 unspecified atom stereocenters. The van der Waals surface area contributed by atoms with E-state index in [-0.39, 0.29) is 11.2 Å². The maximum Gasteiger partial charge on any atom is 0.332 e. The van der Waals surface area contributed by atoms with Crippen LogP contribution in [0.3, 0.4) is 0 Å². The first kappa shape index (κ1) is 15.4. The van der Waals surface area contributed by atoms with Crippen molar-refractivity contribution in [3.8, 4) is 11.1 Å². The summed E-state index contributed by atoms with van der Waals surface area (Å²) in [7, 11) is 0. The molecule has 0 aliphatic heterocycles. The molecule has 0 bridgehead atoms. The number of nitrogens with zero attached hydrogens (tertiary/aromatic N) is 1. The lowest BCUT2D eigenvalue weighted by atomic mass is 10.1. The second-order valence-electron chi connectivity index (χ2n) is 3.92. The van der Waals surface area contributed by atoms with Gasteiger partial charge in [0.15, 0.2) is 0 Å². The maximum absolute atomic E-state index is 11.0. The predicted octanol–water partition coefficient (Wildman–Crippen LogP) is 0.471. The number of H-pyrrole nitrogens is 1. The Balaban J connectivity index is 0.000000286. The van der Waals surface area contributed by atoms with E-state index in [4.69, 9.17) is 15.9 Å². The molecule has 0 aromatic carbocycles. The smallest absolute Gasteiger partial charge is 0.332 e. The molecule has 0 aliphatic carbocycles. The quantitative estimate of drug-likeness (QED) is 0.631. The first-order valence-corrected chi connectivity index (χ1v) is 5.71.